The van der Waals surface area contributed by atoms with Gasteiger partial charge in [-0.15, -0.1) is 0 Å². The molecule has 2 atom stereocenters. The van der Waals surface area contributed by atoms with Crippen LogP contribution in [0.3, 0.4) is 0 Å². The number of nitrogens with zero attached hydrogens (tertiary/aromatic N) is 3. The van der Waals surface area contributed by atoms with Gasteiger partial charge in [-0.1, -0.05) is 17.7 Å². The fraction of sp³-hybridized carbons (Fsp3) is 0.625. The Bertz CT molecular complexity index is 860. The molecule has 3 fully saturated rings. The van der Waals surface area contributed by atoms with Crippen molar-refractivity contribution in [1.82, 2.24) is 14.7 Å². The normalized spacial score (nSPS) is 23.7. The Morgan fingerprint density at radius 3 is 2.64 bits per heavy atom. The SMILES string of the molecule is O=C1CCCN1CCC(=O)N1CC[C@H](Oc2cccc(Cl)c2)[C@@H](CC(=O)N2CCOCC2)C1. The van der Waals surface area contributed by atoms with E-state index in [1.807, 2.05) is 21.9 Å². The number of hydrogen-bond acceptors (Lipinski definition) is 5. The van der Waals surface area contributed by atoms with Crippen molar-refractivity contribution in [3.05, 3.63) is 29.3 Å². The second-order valence-electron chi connectivity index (χ2n) is 8.93. The number of piperidine rings is 1. The number of amides is 3. The van der Waals surface area contributed by atoms with E-state index in [0.29, 0.717) is 82.4 Å². The van der Waals surface area contributed by atoms with Crippen LogP contribution in [0.25, 0.3) is 0 Å². The third-order valence-electron chi connectivity index (χ3n) is 6.67. The van der Waals surface area contributed by atoms with E-state index in [1.54, 1.807) is 17.0 Å². The molecule has 0 aromatic heterocycles. The van der Waals surface area contributed by atoms with Crippen LogP contribution in [-0.4, -0.2) is 91.0 Å². The van der Waals surface area contributed by atoms with Gasteiger partial charge in [-0.25, -0.2) is 0 Å². The Morgan fingerprint density at radius 1 is 1.09 bits per heavy atom. The molecule has 3 aliphatic heterocycles. The quantitative estimate of drug-likeness (QED) is 0.601. The van der Waals surface area contributed by atoms with Crippen LogP contribution in [0.5, 0.6) is 5.75 Å². The van der Waals surface area contributed by atoms with Gasteiger partial charge in [-0.3, -0.25) is 14.4 Å². The van der Waals surface area contributed by atoms with Gasteiger partial charge in [-0.2, -0.15) is 0 Å². The Balaban J connectivity index is 1.39. The minimum Gasteiger partial charge on any atom is -0.490 e. The molecule has 1 aromatic carbocycles. The maximum absolute atomic E-state index is 13.0. The van der Waals surface area contributed by atoms with E-state index in [2.05, 4.69) is 0 Å². The first-order valence-electron chi connectivity index (χ1n) is 11.8. The maximum atomic E-state index is 13.0. The number of hydrogen-bond donors (Lipinski definition) is 0. The number of carbonyl (C=O) groups excluding carboxylic acids is 3. The maximum Gasteiger partial charge on any atom is 0.224 e. The van der Waals surface area contributed by atoms with Crippen molar-refractivity contribution in [3.63, 3.8) is 0 Å². The lowest BCUT2D eigenvalue weighted by Gasteiger charge is -2.39. The van der Waals surface area contributed by atoms with E-state index >= 15 is 0 Å². The van der Waals surface area contributed by atoms with Gasteiger partial charge in [-0.05, 0) is 24.6 Å². The molecule has 3 aliphatic rings. The molecule has 33 heavy (non-hydrogen) atoms. The summed E-state index contributed by atoms with van der Waals surface area (Å²) in [6.45, 7) is 4.54. The highest BCUT2D eigenvalue weighted by molar-refractivity contribution is 6.30. The molecule has 0 aliphatic carbocycles. The summed E-state index contributed by atoms with van der Waals surface area (Å²) < 4.78 is 11.6. The summed E-state index contributed by atoms with van der Waals surface area (Å²) in [5, 5.41) is 0.595. The summed E-state index contributed by atoms with van der Waals surface area (Å²) in [7, 11) is 0. The minimum absolute atomic E-state index is 0.0275. The number of halogens is 1. The molecule has 1 aromatic rings. The largest absolute Gasteiger partial charge is 0.490 e. The average molecular weight is 478 g/mol. The highest BCUT2D eigenvalue weighted by Crippen LogP contribution is 2.28. The Morgan fingerprint density at radius 2 is 1.91 bits per heavy atom. The number of carbonyl (C=O) groups is 3. The van der Waals surface area contributed by atoms with E-state index in [1.165, 1.54) is 0 Å². The van der Waals surface area contributed by atoms with Crippen LogP contribution in [0.15, 0.2) is 24.3 Å². The fourth-order valence-corrected chi connectivity index (χ4v) is 4.98. The van der Waals surface area contributed by atoms with Crippen LogP contribution < -0.4 is 4.74 Å². The molecule has 8 nitrogen and oxygen atoms in total. The molecule has 0 spiro atoms. The molecular formula is C24H32ClN3O5. The topological polar surface area (TPSA) is 79.4 Å². The van der Waals surface area contributed by atoms with Gasteiger partial charge in [0.15, 0.2) is 0 Å². The molecule has 3 saturated heterocycles. The molecule has 0 radical (unpaired) electrons. The van der Waals surface area contributed by atoms with Crippen molar-refractivity contribution < 1.29 is 23.9 Å². The van der Waals surface area contributed by atoms with Gasteiger partial charge in [0.2, 0.25) is 17.7 Å². The van der Waals surface area contributed by atoms with Crippen LogP contribution in [0.1, 0.15) is 32.1 Å². The second kappa shape index (κ2) is 11.2. The van der Waals surface area contributed by atoms with E-state index in [0.717, 1.165) is 13.0 Å². The molecule has 3 heterocycles. The summed E-state index contributed by atoms with van der Waals surface area (Å²) in [6.07, 6.45) is 2.53. The molecule has 3 amide bonds. The first-order valence-corrected chi connectivity index (χ1v) is 12.2. The first-order chi connectivity index (χ1) is 16.0. The third-order valence-corrected chi connectivity index (χ3v) is 6.90. The van der Waals surface area contributed by atoms with E-state index in [9.17, 15) is 14.4 Å². The van der Waals surface area contributed by atoms with Gasteiger partial charge < -0.3 is 24.2 Å². The zero-order valence-corrected chi connectivity index (χ0v) is 19.7. The highest BCUT2D eigenvalue weighted by atomic mass is 35.5. The zero-order chi connectivity index (χ0) is 23.2. The van der Waals surface area contributed by atoms with Gasteiger partial charge in [0, 0.05) is 75.9 Å². The molecule has 0 bridgehead atoms. The number of rotatable bonds is 7. The molecule has 180 valence electrons. The van der Waals surface area contributed by atoms with Crippen molar-refractivity contribution in [2.75, 3.05) is 52.5 Å². The van der Waals surface area contributed by atoms with E-state index in [4.69, 9.17) is 21.1 Å². The third kappa shape index (κ3) is 6.38. The van der Waals surface area contributed by atoms with Crippen LogP contribution >= 0.6 is 11.6 Å². The van der Waals surface area contributed by atoms with Gasteiger partial charge in [0.1, 0.15) is 11.9 Å². The monoisotopic (exact) mass is 477 g/mol. The fourth-order valence-electron chi connectivity index (χ4n) is 4.80. The van der Waals surface area contributed by atoms with Crippen molar-refractivity contribution in [3.8, 4) is 5.75 Å². The smallest absolute Gasteiger partial charge is 0.224 e. The molecule has 0 saturated carbocycles. The van der Waals surface area contributed by atoms with Crippen molar-refractivity contribution in [2.45, 2.75) is 38.2 Å². The first kappa shape index (κ1) is 23.8. The molecule has 4 rings (SSSR count). The summed E-state index contributed by atoms with van der Waals surface area (Å²) in [6, 6.07) is 7.26. The Hall–Kier alpha value is -2.32. The van der Waals surface area contributed by atoms with Gasteiger partial charge >= 0.3 is 0 Å². The number of ether oxygens (including phenoxy) is 2. The lowest BCUT2D eigenvalue weighted by atomic mass is 9.90. The van der Waals surface area contributed by atoms with Gasteiger partial charge in [0.25, 0.3) is 0 Å². The predicted molar refractivity (Wildman–Crippen MR) is 123 cm³/mol. The van der Waals surface area contributed by atoms with Crippen molar-refractivity contribution in [2.24, 2.45) is 5.92 Å². The number of likely N-dealkylation sites (tertiary alicyclic amines) is 2. The molecule has 0 N–H and O–H groups in total. The van der Waals surface area contributed by atoms with Crippen molar-refractivity contribution >= 4 is 29.3 Å². The van der Waals surface area contributed by atoms with Crippen LogP contribution in [0.2, 0.25) is 5.02 Å². The average Bonchev–Trinajstić information content (AvgIpc) is 3.23. The molecular weight excluding hydrogens is 446 g/mol. The second-order valence-corrected chi connectivity index (χ2v) is 9.37. The van der Waals surface area contributed by atoms with Crippen molar-refractivity contribution in [1.29, 1.82) is 0 Å². The summed E-state index contributed by atoms with van der Waals surface area (Å²) >= 11 is 6.11. The lowest BCUT2D eigenvalue weighted by Crippen LogP contribution is -2.50. The van der Waals surface area contributed by atoms with Gasteiger partial charge in [0.05, 0.1) is 13.2 Å². The molecule has 9 heteroatoms. The minimum atomic E-state index is -0.183. The van der Waals surface area contributed by atoms with E-state index < -0.39 is 0 Å². The van der Waals surface area contributed by atoms with Crippen LogP contribution in [-0.2, 0) is 19.1 Å². The van der Waals surface area contributed by atoms with E-state index in [-0.39, 0.29) is 29.7 Å². The highest BCUT2D eigenvalue weighted by Gasteiger charge is 2.35. The zero-order valence-electron chi connectivity index (χ0n) is 18.9. The van der Waals surface area contributed by atoms with Crippen LogP contribution in [0, 0.1) is 5.92 Å². The summed E-state index contributed by atoms with van der Waals surface area (Å²) in [5.74, 6) is 0.777. The predicted octanol–water partition coefficient (Wildman–Crippen LogP) is 2.20. The Kier molecular flexibility index (Phi) is 8.09. The lowest BCUT2D eigenvalue weighted by molar-refractivity contribution is -0.141. The number of morpholine rings is 1. The summed E-state index contributed by atoms with van der Waals surface area (Å²) in [5.41, 5.74) is 0. The Labute approximate surface area is 199 Å². The molecule has 0 unspecified atom stereocenters. The summed E-state index contributed by atoms with van der Waals surface area (Å²) in [4.78, 5) is 43.2. The number of benzene rings is 1. The van der Waals surface area contributed by atoms with Crippen LogP contribution in [0.4, 0.5) is 0 Å². The standard InChI is InChI=1S/C24H32ClN3O5/c25-19-3-1-4-20(16-19)33-21-6-9-28(23(30)7-10-26-8-2-5-22(26)29)17-18(21)15-24(31)27-11-13-32-14-12-27/h1,3-4,16,18,21H,2,5-15,17H2/t18-,21-/m0/s1.